The van der Waals surface area contributed by atoms with Crippen LogP contribution in [0.1, 0.15) is 37.9 Å². The normalized spacial score (nSPS) is 14.3. The van der Waals surface area contributed by atoms with Crippen LogP contribution in [0, 0.1) is 18.8 Å². The van der Waals surface area contributed by atoms with E-state index in [4.69, 9.17) is 5.73 Å². The van der Waals surface area contributed by atoms with Crippen LogP contribution in [-0.4, -0.2) is 12.5 Å². The van der Waals surface area contributed by atoms with Crippen molar-refractivity contribution in [3.8, 4) is 0 Å². The average molecular weight is 248 g/mol. The van der Waals surface area contributed by atoms with Crippen molar-refractivity contribution in [2.45, 2.75) is 33.7 Å². The van der Waals surface area contributed by atoms with Gasteiger partial charge >= 0.3 is 0 Å². The first kappa shape index (κ1) is 14.7. The highest BCUT2D eigenvalue weighted by atomic mass is 16.2. The second-order valence-corrected chi connectivity index (χ2v) is 5.17. The number of nitrogens with two attached hydrogens (primary N) is 1. The SMILES string of the molecule is Cc1ccccc1[C@@H](C)NC(=O)C(CN)C(C)C. The molecule has 18 heavy (non-hydrogen) atoms. The number of hydrogen-bond acceptors (Lipinski definition) is 2. The Hall–Kier alpha value is -1.35. The molecule has 3 heteroatoms. The van der Waals surface area contributed by atoms with Crippen LogP contribution in [0.25, 0.3) is 0 Å². The third-order valence-electron chi connectivity index (χ3n) is 3.41. The van der Waals surface area contributed by atoms with Gasteiger partial charge in [-0.05, 0) is 30.9 Å². The molecule has 1 unspecified atom stereocenters. The maximum absolute atomic E-state index is 12.1. The zero-order valence-electron chi connectivity index (χ0n) is 11.7. The molecular weight excluding hydrogens is 224 g/mol. The molecule has 0 aromatic heterocycles. The third-order valence-corrected chi connectivity index (χ3v) is 3.41. The fourth-order valence-corrected chi connectivity index (χ4v) is 2.15. The summed E-state index contributed by atoms with van der Waals surface area (Å²) in [5, 5.41) is 3.05. The Bertz CT molecular complexity index is 401. The number of aryl methyl sites for hydroxylation is 1. The van der Waals surface area contributed by atoms with Gasteiger partial charge in [-0.3, -0.25) is 4.79 Å². The van der Waals surface area contributed by atoms with Gasteiger partial charge in [0.15, 0.2) is 0 Å². The van der Waals surface area contributed by atoms with Crippen LogP contribution in [0.15, 0.2) is 24.3 Å². The number of rotatable bonds is 5. The topological polar surface area (TPSA) is 55.1 Å². The highest BCUT2D eigenvalue weighted by molar-refractivity contribution is 5.79. The Morgan fingerprint density at radius 2 is 1.89 bits per heavy atom. The molecule has 1 amide bonds. The quantitative estimate of drug-likeness (QED) is 0.840. The van der Waals surface area contributed by atoms with Crippen molar-refractivity contribution < 1.29 is 4.79 Å². The van der Waals surface area contributed by atoms with Crippen molar-refractivity contribution >= 4 is 5.91 Å². The predicted octanol–water partition coefficient (Wildman–Crippen LogP) is 2.40. The molecular formula is C15H24N2O. The Morgan fingerprint density at radius 3 is 2.39 bits per heavy atom. The molecule has 0 radical (unpaired) electrons. The lowest BCUT2D eigenvalue weighted by Gasteiger charge is -2.22. The van der Waals surface area contributed by atoms with E-state index in [1.807, 2.05) is 39.0 Å². The van der Waals surface area contributed by atoms with Crippen LogP contribution >= 0.6 is 0 Å². The summed E-state index contributed by atoms with van der Waals surface area (Å²) in [4.78, 5) is 12.1. The maximum Gasteiger partial charge on any atom is 0.225 e. The van der Waals surface area contributed by atoms with E-state index in [1.165, 1.54) is 5.56 Å². The summed E-state index contributed by atoms with van der Waals surface area (Å²) in [5.41, 5.74) is 8.01. The van der Waals surface area contributed by atoms with Crippen LogP contribution < -0.4 is 11.1 Å². The first-order valence-electron chi connectivity index (χ1n) is 6.53. The van der Waals surface area contributed by atoms with Gasteiger partial charge < -0.3 is 11.1 Å². The molecule has 0 saturated carbocycles. The number of carbonyl (C=O) groups excluding carboxylic acids is 1. The van der Waals surface area contributed by atoms with Crippen molar-refractivity contribution in [3.05, 3.63) is 35.4 Å². The Balaban J connectivity index is 2.73. The highest BCUT2D eigenvalue weighted by Crippen LogP contribution is 2.18. The molecule has 3 nitrogen and oxygen atoms in total. The van der Waals surface area contributed by atoms with Gasteiger partial charge in [-0.15, -0.1) is 0 Å². The van der Waals surface area contributed by atoms with E-state index in [9.17, 15) is 4.79 Å². The molecule has 1 rings (SSSR count). The van der Waals surface area contributed by atoms with Gasteiger partial charge in [-0.25, -0.2) is 0 Å². The fraction of sp³-hybridized carbons (Fsp3) is 0.533. The molecule has 0 spiro atoms. The average Bonchev–Trinajstić information content (AvgIpc) is 2.29. The van der Waals surface area contributed by atoms with Crippen molar-refractivity contribution in [2.24, 2.45) is 17.6 Å². The molecule has 0 bridgehead atoms. The van der Waals surface area contributed by atoms with Crippen LogP contribution in [-0.2, 0) is 4.79 Å². The molecule has 100 valence electrons. The summed E-state index contributed by atoms with van der Waals surface area (Å²) < 4.78 is 0. The third kappa shape index (κ3) is 3.57. The van der Waals surface area contributed by atoms with Crippen molar-refractivity contribution in [1.29, 1.82) is 0 Å². The molecule has 0 aliphatic heterocycles. The Morgan fingerprint density at radius 1 is 1.28 bits per heavy atom. The number of amides is 1. The van der Waals surface area contributed by atoms with Crippen LogP contribution in [0.4, 0.5) is 0 Å². The Kier molecular flexibility index (Phi) is 5.35. The zero-order chi connectivity index (χ0) is 13.7. The molecule has 0 saturated heterocycles. The summed E-state index contributed by atoms with van der Waals surface area (Å²) in [5.74, 6) is 0.193. The molecule has 2 atom stereocenters. The first-order valence-corrected chi connectivity index (χ1v) is 6.53. The standard InChI is InChI=1S/C15H24N2O/c1-10(2)14(9-16)15(18)17-12(4)13-8-6-5-7-11(13)3/h5-8,10,12,14H,9,16H2,1-4H3,(H,17,18)/t12-,14?/m1/s1. The summed E-state index contributed by atoms with van der Waals surface area (Å²) >= 11 is 0. The minimum absolute atomic E-state index is 0.0199. The van der Waals surface area contributed by atoms with E-state index in [-0.39, 0.29) is 23.8 Å². The smallest absolute Gasteiger partial charge is 0.225 e. The van der Waals surface area contributed by atoms with E-state index in [0.717, 1.165) is 5.56 Å². The van der Waals surface area contributed by atoms with Crippen LogP contribution in [0.5, 0.6) is 0 Å². The maximum atomic E-state index is 12.1. The largest absolute Gasteiger partial charge is 0.349 e. The van der Waals surface area contributed by atoms with E-state index >= 15 is 0 Å². The monoisotopic (exact) mass is 248 g/mol. The molecule has 3 N–H and O–H groups in total. The first-order chi connectivity index (χ1) is 8.47. The zero-order valence-corrected chi connectivity index (χ0v) is 11.7. The number of hydrogen-bond donors (Lipinski definition) is 2. The lowest BCUT2D eigenvalue weighted by Crippen LogP contribution is -2.39. The van der Waals surface area contributed by atoms with Gasteiger partial charge in [0.1, 0.15) is 0 Å². The molecule has 0 fully saturated rings. The fourth-order valence-electron chi connectivity index (χ4n) is 2.15. The molecule has 0 aliphatic carbocycles. The summed E-state index contributed by atoms with van der Waals surface area (Å²) in [6, 6.07) is 8.12. The molecule has 0 heterocycles. The van der Waals surface area contributed by atoms with Gasteiger partial charge in [0.05, 0.1) is 12.0 Å². The van der Waals surface area contributed by atoms with Crippen LogP contribution in [0.3, 0.4) is 0 Å². The minimum atomic E-state index is -0.114. The van der Waals surface area contributed by atoms with Crippen molar-refractivity contribution in [2.75, 3.05) is 6.54 Å². The van der Waals surface area contributed by atoms with Crippen LogP contribution in [0.2, 0.25) is 0 Å². The lowest BCUT2D eigenvalue weighted by molar-refractivity contribution is -0.126. The molecule has 1 aromatic rings. The summed E-state index contributed by atoms with van der Waals surface area (Å²) in [7, 11) is 0. The van der Waals surface area contributed by atoms with Gasteiger partial charge in [-0.1, -0.05) is 38.1 Å². The van der Waals surface area contributed by atoms with E-state index in [2.05, 4.69) is 18.3 Å². The van der Waals surface area contributed by atoms with Gasteiger partial charge in [0, 0.05) is 6.54 Å². The van der Waals surface area contributed by atoms with Gasteiger partial charge in [0.2, 0.25) is 5.91 Å². The van der Waals surface area contributed by atoms with Gasteiger partial charge in [0.25, 0.3) is 0 Å². The van der Waals surface area contributed by atoms with Gasteiger partial charge in [-0.2, -0.15) is 0 Å². The lowest BCUT2D eigenvalue weighted by atomic mass is 9.94. The van der Waals surface area contributed by atoms with E-state index in [1.54, 1.807) is 0 Å². The Labute approximate surface area is 110 Å². The van der Waals surface area contributed by atoms with Crippen molar-refractivity contribution in [3.63, 3.8) is 0 Å². The summed E-state index contributed by atoms with van der Waals surface area (Å²) in [6.07, 6.45) is 0. The van der Waals surface area contributed by atoms with E-state index in [0.29, 0.717) is 6.54 Å². The summed E-state index contributed by atoms with van der Waals surface area (Å²) in [6.45, 7) is 8.50. The molecule has 1 aromatic carbocycles. The predicted molar refractivity (Wildman–Crippen MR) is 75.1 cm³/mol. The number of carbonyl (C=O) groups is 1. The van der Waals surface area contributed by atoms with E-state index < -0.39 is 0 Å². The second-order valence-electron chi connectivity index (χ2n) is 5.17. The molecule has 0 aliphatic rings. The number of benzene rings is 1. The highest BCUT2D eigenvalue weighted by Gasteiger charge is 2.22. The minimum Gasteiger partial charge on any atom is -0.349 e. The number of nitrogens with one attached hydrogen (secondary N) is 1. The van der Waals surface area contributed by atoms with Crippen molar-refractivity contribution in [1.82, 2.24) is 5.32 Å². The second kappa shape index (κ2) is 6.55.